The molecule has 0 saturated carbocycles. The zero-order valence-corrected chi connectivity index (χ0v) is 13.0. The van der Waals surface area contributed by atoms with Crippen LogP contribution in [0.15, 0.2) is 48.5 Å². The normalized spacial score (nSPS) is 10.7. The minimum atomic E-state index is -0.717. The third-order valence-electron chi connectivity index (χ3n) is 2.31. The Kier molecular flexibility index (Phi) is 4.14. The van der Waals surface area contributed by atoms with Crippen LogP contribution in [0.3, 0.4) is 0 Å². The third-order valence-corrected chi connectivity index (χ3v) is 12.7. The van der Waals surface area contributed by atoms with E-state index in [1.54, 1.807) is 0 Å². The van der Waals surface area contributed by atoms with Gasteiger partial charge >= 0.3 is 111 Å². The molecule has 1 radical (unpaired) electrons. The number of anilines is 2. The Hall–Kier alpha value is -0.921. The number of nitrogen functional groups attached to an aromatic ring is 2. The van der Waals surface area contributed by atoms with Gasteiger partial charge in [-0.15, -0.1) is 0 Å². The van der Waals surface area contributed by atoms with Gasteiger partial charge in [-0.3, -0.25) is 0 Å². The van der Waals surface area contributed by atoms with Crippen LogP contribution < -0.4 is 20.4 Å². The van der Waals surface area contributed by atoms with Crippen LogP contribution in [0.25, 0.3) is 0 Å². The Morgan fingerprint density at radius 3 is 1.82 bits per heavy atom. The summed E-state index contributed by atoms with van der Waals surface area (Å²) in [5.74, 6) is 2.38. The Labute approximate surface area is 111 Å². The molecule has 0 aromatic heterocycles. The monoisotopic (exact) mass is 359 g/mol. The topological polar surface area (TPSA) is 52.0 Å². The molecule has 0 amide bonds. The van der Waals surface area contributed by atoms with Crippen molar-refractivity contribution >= 4 is 45.5 Å². The third kappa shape index (κ3) is 3.52. The second kappa shape index (κ2) is 5.61. The summed E-state index contributed by atoms with van der Waals surface area (Å²) in [7, 11) is 0. The molecule has 89 valence electrons. The number of benzene rings is 2. The molecule has 0 saturated heterocycles. The fourth-order valence-corrected chi connectivity index (χ4v) is 10.4. The van der Waals surface area contributed by atoms with Crippen LogP contribution in [0.2, 0.25) is 5.82 Å². The van der Waals surface area contributed by atoms with Gasteiger partial charge in [-0.2, -0.15) is 0 Å². The van der Waals surface area contributed by atoms with E-state index in [2.05, 4.69) is 30.1 Å². The average Bonchev–Trinajstić information content (AvgIpc) is 2.33. The molecule has 0 spiro atoms. The zero-order chi connectivity index (χ0) is 12.3. The summed E-state index contributed by atoms with van der Waals surface area (Å²) in [5, 5.41) is 0. The van der Waals surface area contributed by atoms with Crippen molar-refractivity contribution in [2.24, 2.45) is 0 Å². The SMILES string of the molecule is C[Se]([Se]c1ccc(N)cc1)c1ccc(N)cc1. The predicted octanol–water partition coefficient (Wildman–Crippen LogP) is 0.709. The number of nitrogens with two attached hydrogens (primary N) is 2. The van der Waals surface area contributed by atoms with Crippen LogP contribution in [0.1, 0.15) is 0 Å². The van der Waals surface area contributed by atoms with E-state index in [0.717, 1.165) is 11.4 Å². The van der Waals surface area contributed by atoms with Crippen molar-refractivity contribution in [2.45, 2.75) is 5.82 Å². The second-order valence-corrected chi connectivity index (χ2v) is 15.2. The van der Waals surface area contributed by atoms with E-state index in [1.807, 2.05) is 24.3 Å². The van der Waals surface area contributed by atoms with E-state index in [9.17, 15) is 0 Å². The molecule has 0 aliphatic rings. The van der Waals surface area contributed by atoms with Crippen LogP contribution in [-0.4, -0.2) is 25.2 Å². The average molecular weight is 357 g/mol. The minimum absolute atomic E-state index is 0.545. The van der Waals surface area contributed by atoms with E-state index >= 15 is 0 Å². The van der Waals surface area contributed by atoms with E-state index in [0.29, 0.717) is 13.1 Å². The van der Waals surface area contributed by atoms with Gasteiger partial charge in [0, 0.05) is 0 Å². The van der Waals surface area contributed by atoms with Gasteiger partial charge in [0.05, 0.1) is 0 Å². The molecule has 2 aromatic carbocycles. The maximum absolute atomic E-state index is 5.70. The molecule has 17 heavy (non-hydrogen) atoms. The molecule has 2 aromatic rings. The van der Waals surface area contributed by atoms with Gasteiger partial charge in [-0.05, 0) is 0 Å². The fourth-order valence-electron chi connectivity index (χ4n) is 1.38. The van der Waals surface area contributed by atoms with Gasteiger partial charge in [0.15, 0.2) is 0 Å². The molecule has 0 fully saturated rings. The van der Waals surface area contributed by atoms with Gasteiger partial charge in [-0.25, -0.2) is 0 Å². The number of rotatable bonds is 3. The van der Waals surface area contributed by atoms with Crippen LogP contribution in [-0.2, 0) is 0 Å². The Morgan fingerprint density at radius 1 is 0.824 bits per heavy atom. The first-order valence-corrected chi connectivity index (χ1v) is 13.0. The first-order valence-electron chi connectivity index (χ1n) is 5.20. The van der Waals surface area contributed by atoms with Crippen LogP contribution in [0, 0.1) is 0 Å². The summed E-state index contributed by atoms with van der Waals surface area (Å²) in [6, 6.07) is 16.6. The Morgan fingerprint density at radius 2 is 1.29 bits per heavy atom. The second-order valence-electron chi connectivity index (χ2n) is 3.68. The molecule has 2 rings (SSSR count). The predicted molar refractivity (Wildman–Crippen MR) is 78.3 cm³/mol. The van der Waals surface area contributed by atoms with E-state index in [1.165, 1.54) is 8.92 Å². The van der Waals surface area contributed by atoms with Crippen molar-refractivity contribution in [1.82, 2.24) is 0 Å². The first-order chi connectivity index (χ1) is 8.15. The molecule has 0 aliphatic carbocycles. The molecule has 0 atom stereocenters. The molecule has 0 aliphatic heterocycles. The van der Waals surface area contributed by atoms with Gasteiger partial charge in [0.2, 0.25) is 0 Å². The summed E-state index contributed by atoms with van der Waals surface area (Å²) in [4.78, 5) is 0. The van der Waals surface area contributed by atoms with E-state index in [4.69, 9.17) is 11.5 Å². The standard InChI is InChI=1S/C13H15N2Se2/c1-17(13-8-4-11(15)5-9-13)16-12-6-2-10(14)3-7-12/h2-9H,14-15H2,1H3. The molecule has 4 heteroatoms. The van der Waals surface area contributed by atoms with Gasteiger partial charge in [0.1, 0.15) is 0 Å². The number of hydrogen-bond acceptors (Lipinski definition) is 2. The molecular formula is C13H15N2Se2. The van der Waals surface area contributed by atoms with E-state index in [-0.39, 0.29) is 0 Å². The van der Waals surface area contributed by atoms with Crippen molar-refractivity contribution in [3.05, 3.63) is 48.5 Å². The molecule has 4 N–H and O–H groups in total. The van der Waals surface area contributed by atoms with Crippen molar-refractivity contribution in [2.75, 3.05) is 11.5 Å². The van der Waals surface area contributed by atoms with Crippen molar-refractivity contribution in [3.8, 4) is 0 Å². The summed E-state index contributed by atoms with van der Waals surface area (Å²) in [6.07, 6.45) is 0. The molecule has 0 heterocycles. The Bertz CT molecular complexity index is 480. The summed E-state index contributed by atoms with van der Waals surface area (Å²) >= 11 is -0.171. The van der Waals surface area contributed by atoms with E-state index < -0.39 is 12.1 Å². The zero-order valence-electron chi connectivity index (χ0n) is 9.59. The van der Waals surface area contributed by atoms with Crippen LogP contribution in [0.5, 0.6) is 0 Å². The summed E-state index contributed by atoms with van der Waals surface area (Å²) in [5.41, 5.74) is 13.1. The van der Waals surface area contributed by atoms with Gasteiger partial charge < -0.3 is 0 Å². The summed E-state index contributed by atoms with van der Waals surface area (Å²) in [6.45, 7) is 0. The van der Waals surface area contributed by atoms with Crippen molar-refractivity contribution in [1.29, 1.82) is 0 Å². The Balaban J connectivity index is 2.08. The molecule has 0 unspecified atom stereocenters. The van der Waals surface area contributed by atoms with Crippen LogP contribution >= 0.6 is 0 Å². The fraction of sp³-hybridized carbons (Fsp3) is 0.0769. The number of hydrogen-bond donors (Lipinski definition) is 2. The quantitative estimate of drug-likeness (QED) is 0.628. The van der Waals surface area contributed by atoms with Crippen LogP contribution in [0.4, 0.5) is 11.4 Å². The maximum atomic E-state index is 5.70. The molecular weight excluding hydrogens is 342 g/mol. The van der Waals surface area contributed by atoms with Crippen molar-refractivity contribution in [3.63, 3.8) is 0 Å². The molecule has 0 bridgehead atoms. The van der Waals surface area contributed by atoms with Crippen molar-refractivity contribution < 1.29 is 0 Å². The van der Waals surface area contributed by atoms with Gasteiger partial charge in [0.25, 0.3) is 0 Å². The molecule has 2 nitrogen and oxygen atoms in total. The summed E-state index contributed by atoms with van der Waals surface area (Å²) < 4.78 is 2.90. The first kappa shape index (κ1) is 12.5. The van der Waals surface area contributed by atoms with Gasteiger partial charge in [-0.1, -0.05) is 0 Å².